The summed E-state index contributed by atoms with van der Waals surface area (Å²) in [6.45, 7) is 6.93. The summed E-state index contributed by atoms with van der Waals surface area (Å²) in [6.07, 6.45) is 1.78. The van der Waals surface area contributed by atoms with E-state index in [-0.39, 0.29) is 10.6 Å². The van der Waals surface area contributed by atoms with Crippen LogP contribution in [0.15, 0.2) is 71.6 Å². The Hall–Kier alpha value is -3.19. The number of aromatic nitrogens is 1. The summed E-state index contributed by atoms with van der Waals surface area (Å²) in [5.74, 6) is 0.805. The van der Waals surface area contributed by atoms with E-state index in [2.05, 4.69) is 6.58 Å². The molecule has 0 aliphatic rings. The van der Waals surface area contributed by atoms with Crippen LogP contribution in [0.1, 0.15) is 6.92 Å². The maximum atomic E-state index is 11.1. The predicted molar refractivity (Wildman–Crippen MR) is 107 cm³/mol. The first-order chi connectivity index (χ1) is 13.1. The highest BCUT2D eigenvalue weighted by molar-refractivity contribution is 7.07. The maximum absolute atomic E-state index is 11.1. The number of nitro benzene ring substituents is 1. The Morgan fingerprint density at radius 2 is 2.07 bits per heavy atom. The van der Waals surface area contributed by atoms with Gasteiger partial charge in [0.25, 0.3) is 5.69 Å². The molecular formula is C20H19N3O3S. The summed E-state index contributed by atoms with van der Waals surface area (Å²) in [5.41, 5.74) is 2.52. The number of hydrogen-bond donors (Lipinski definition) is 0. The first kappa shape index (κ1) is 18.6. The molecular weight excluding hydrogens is 362 g/mol. The molecule has 0 unspecified atom stereocenters. The third-order valence-corrected chi connectivity index (χ3v) is 4.70. The van der Waals surface area contributed by atoms with Crippen LogP contribution in [0, 0.1) is 10.1 Å². The second kappa shape index (κ2) is 8.46. The average Bonchev–Trinajstić information content (AvgIpc) is 3.06. The molecule has 3 rings (SSSR count). The van der Waals surface area contributed by atoms with Gasteiger partial charge in [0.15, 0.2) is 4.80 Å². The predicted octanol–water partition coefficient (Wildman–Crippen LogP) is 4.94. The zero-order valence-electron chi connectivity index (χ0n) is 14.9. The number of non-ortho nitro benzene ring substituents is 1. The molecule has 0 spiro atoms. The molecule has 1 heterocycles. The van der Waals surface area contributed by atoms with Crippen molar-refractivity contribution in [2.24, 2.45) is 4.99 Å². The van der Waals surface area contributed by atoms with Gasteiger partial charge in [-0.15, -0.1) is 17.9 Å². The van der Waals surface area contributed by atoms with Crippen LogP contribution in [-0.4, -0.2) is 16.1 Å². The monoisotopic (exact) mass is 381 g/mol. The molecule has 0 saturated carbocycles. The van der Waals surface area contributed by atoms with Gasteiger partial charge in [-0.1, -0.05) is 18.2 Å². The Morgan fingerprint density at radius 1 is 1.30 bits per heavy atom. The van der Waals surface area contributed by atoms with Crippen molar-refractivity contribution < 1.29 is 9.66 Å². The van der Waals surface area contributed by atoms with Crippen LogP contribution in [0.25, 0.3) is 11.3 Å². The lowest BCUT2D eigenvalue weighted by molar-refractivity contribution is -0.384. The van der Waals surface area contributed by atoms with E-state index >= 15 is 0 Å². The van der Waals surface area contributed by atoms with Gasteiger partial charge in [-0.2, -0.15) is 0 Å². The Morgan fingerprint density at radius 3 is 2.74 bits per heavy atom. The second-order valence-corrected chi connectivity index (χ2v) is 6.49. The van der Waals surface area contributed by atoms with E-state index < -0.39 is 0 Å². The number of rotatable bonds is 7. The zero-order valence-corrected chi connectivity index (χ0v) is 15.7. The van der Waals surface area contributed by atoms with Crippen molar-refractivity contribution in [1.29, 1.82) is 0 Å². The molecule has 6 nitrogen and oxygen atoms in total. The van der Waals surface area contributed by atoms with Gasteiger partial charge in [-0.25, -0.2) is 4.99 Å². The van der Waals surface area contributed by atoms with Crippen molar-refractivity contribution in [1.82, 2.24) is 4.57 Å². The van der Waals surface area contributed by atoms with Gasteiger partial charge in [-0.3, -0.25) is 10.1 Å². The van der Waals surface area contributed by atoms with E-state index in [0.717, 1.165) is 27.5 Å². The highest BCUT2D eigenvalue weighted by atomic mass is 32.1. The van der Waals surface area contributed by atoms with E-state index in [1.807, 2.05) is 47.2 Å². The third kappa shape index (κ3) is 4.32. The molecule has 27 heavy (non-hydrogen) atoms. The van der Waals surface area contributed by atoms with E-state index in [4.69, 9.17) is 9.73 Å². The van der Waals surface area contributed by atoms with Gasteiger partial charge < -0.3 is 9.30 Å². The minimum Gasteiger partial charge on any atom is -0.494 e. The van der Waals surface area contributed by atoms with E-state index in [0.29, 0.717) is 13.2 Å². The molecule has 3 aromatic rings. The summed E-state index contributed by atoms with van der Waals surface area (Å²) >= 11 is 1.48. The van der Waals surface area contributed by atoms with Crippen molar-refractivity contribution >= 4 is 22.7 Å². The van der Waals surface area contributed by atoms with E-state index in [1.54, 1.807) is 18.2 Å². The largest absolute Gasteiger partial charge is 0.494 e. The highest BCUT2D eigenvalue weighted by Gasteiger charge is 2.11. The fraction of sp³-hybridized carbons (Fsp3) is 0.150. The van der Waals surface area contributed by atoms with Crippen LogP contribution >= 0.6 is 11.3 Å². The molecule has 0 bridgehead atoms. The van der Waals surface area contributed by atoms with Crippen molar-refractivity contribution in [2.45, 2.75) is 13.5 Å². The molecule has 0 N–H and O–H groups in total. The molecule has 7 heteroatoms. The lowest BCUT2D eigenvalue weighted by Crippen LogP contribution is -2.14. The Balaban J connectivity index is 2.04. The van der Waals surface area contributed by atoms with Crippen molar-refractivity contribution in [3.05, 3.63) is 81.5 Å². The van der Waals surface area contributed by atoms with Crippen LogP contribution in [0.2, 0.25) is 0 Å². The number of allylic oxidation sites excluding steroid dienone is 1. The summed E-state index contributed by atoms with van der Waals surface area (Å²) in [6, 6.07) is 14.2. The van der Waals surface area contributed by atoms with Crippen LogP contribution in [-0.2, 0) is 6.54 Å². The van der Waals surface area contributed by atoms with Gasteiger partial charge in [-0.05, 0) is 31.2 Å². The zero-order chi connectivity index (χ0) is 19.2. The molecule has 0 aliphatic heterocycles. The molecule has 1 aromatic heterocycles. The van der Waals surface area contributed by atoms with Crippen LogP contribution in [0.4, 0.5) is 11.4 Å². The Bertz CT molecular complexity index is 1020. The quantitative estimate of drug-likeness (QED) is 0.331. The summed E-state index contributed by atoms with van der Waals surface area (Å²) in [4.78, 5) is 16.2. The van der Waals surface area contributed by atoms with Crippen LogP contribution in [0.3, 0.4) is 0 Å². The molecule has 0 aliphatic carbocycles. The number of nitrogens with zero attached hydrogens (tertiary/aromatic N) is 3. The third-order valence-electron chi connectivity index (χ3n) is 3.83. The minimum absolute atomic E-state index is 0.0638. The fourth-order valence-electron chi connectivity index (χ4n) is 2.63. The number of hydrogen-bond acceptors (Lipinski definition) is 5. The molecule has 0 fully saturated rings. The first-order valence-electron chi connectivity index (χ1n) is 8.44. The number of thiazole rings is 1. The van der Waals surface area contributed by atoms with E-state index in [1.165, 1.54) is 17.4 Å². The van der Waals surface area contributed by atoms with Gasteiger partial charge in [0.2, 0.25) is 0 Å². The topological polar surface area (TPSA) is 69.7 Å². The first-order valence-corrected chi connectivity index (χ1v) is 9.32. The summed E-state index contributed by atoms with van der Waals surface area (Å²) in [5, 5.41) is 13.0. The standard InChI is InChI=1S/C20H19N3O3S/c1-3-12-22-19(15-6-5-7-17(13-15)23(24)25)14-27-20(22)21-16-8-10-18(11-9-16)26-4-2/h3,5-11,13-14H,1,4,12H2,2H3. The second-order valence-electron chi connectivity index (χ2n) is 5.65. The van der Waals surface area contributed by atoms with Gasteiger partial charge in [0.05, 0.1) is 22.9 Å². The molecule has 0 amide bonds. The number of ether oxygens (including phenoxy) is 1. The lowest BCUT2D eigenvalue weighted by Gasteiger charge is -2.07. The lowest BCUT2D eigenvalue weighted by atomic mass is 10.1. The average molecular weight is 381 g/mol. The SMILES string of the molecule is C=CCn1c(-c2cccc([N+](=O)[O-])c2)csc1=Nc1ccc(OCC)cc1. The molecule has 138 valence electrons. The Labute approximate surface area is 160 Å². The maximum Gasteiger partial charge on any atom is 0.270 e. The van der Waals surface area contributed by atoms with Gasteiger partial charge in [0.1, 0.15) is 5.75 Å². The van der Waals surface area contributed by atoms with Gasteiger partial charge in [0, 0.05) is 29.6 Å². The normalized spacial score (nSPS) is 11.4. The Kier molecular flexibility index (Phi) is 5.83. The molecule has 0 saturated heterocycles. The summed E-state index contributed by atoms with van der Waals surface area (Å²) in [7, 11) is 0. The van der Waals surface area contributed by atoms with Crippen molar-refractivity contribution in [3.63, 3.8) is 0 Å². The highest BCUT2D eigenvalue weighted by Crippen LogP contribution is 2.25. The number of nitro groups is 1. The van der Waals surface area contributed by atoms with Gasteiger partial charge >= 0.3 is 0 Å². The summed E-state index contributed by atoms with van der Waals surface area (Å²) < 4.78 is 7.45. The smallest absolute Gasteiger partial charge is 0.270 e. The van der Waals surface area contributed by atoms with Crippen molar-refractivity contribution in [3.8, 4) is 17.0 Å². The van der Waals surface area contributed by atoms with E-state index in [9.17, 15) is 10.1 Å². The fourth-order valence-corrected chi connectivity index (χ4v) is 3.57. The minimum atomic E-state index is -0.390. The molecule has 0 radical (unpaired) electrons. The van der Waals surface area contributed by atoms with Crippen LogP contribution in [0.5, 0.6) is 5.75 Å². The van der Waals surface area contributed by atoms with Crippen molar-refractivity contribution in [2.75, 3.05) is 6.61 Å². The number of benzene rings is 2. The van der Waals surface area contributed by atoms with Crippen LogP contribution < -0.4 is 9.54 Å². The molecule has 2 aromatic carbocycles. The molecule has 0 atom stereocenters.